The molecule has 0 aromatic heterocycles. The molecule has 0 aliphatic carbocycles. The zero-order valence-electron chi connectivity index (χ0n) is 19.0. The Morgan fingerprint density at radius 1 is 1.16 bits per heavy atom. The summed E-state index contributed by atoms with van der Waals surface area (Å²) in [5.41, 5.74) is 0.471. The number of ketones is 1. The fraction of sp³-hybridized carbons (Fsp3) is 0.522. The minimum Gasteiger partial charge on any atom is -0.460 e. The number of morpholine rings is 1. The summed E-state index contributed by atoms with van der Waals surface area (Å²) in [7, 11) is 0. The van der Waals surface area contributed by atoms with E-state index in [9.17, 15) is 14.4 Å². The zero-order chi connectivity index (χ0) is 23.6. The predicted octanol–water partition coefficient (Wildman–Crippen LogP) is 3.63. The van der Waals surface area contributed by atoms with Crippen LogP contribution in [-0.2, 0) is 14.3 Å². The van der Waals surface area contributed by atoms with Crippen LogP contribution in [0.1, 0.15) is 31.1 Å². The van der Waals surface area contributed by atoms with Crippen LogP contribution in [0.5, 0.6) is 0 Å². The highest BCUT2D eigenvalue weighted by molar-refractivity contribution is 8.14. The van der Waals surface area contributed by atoms with Gasteiger partial charge in [-0.2, -0.15) is 0 Å². The van der Waals surface area contributed by atoms with Crippen LogP contribution in [-0.4, -0.2) is 78.4 Å². The Morgan fingerprint density at radius 3 is 2.44 bits per heavy atom. The van der Waals surface area contributed by atoms with Crippen LogP contribution in [0.2, 0.25) is 0 Å². The smallest absolute Gasteiger partial charge is 0.333 e. The molecular weight excluding hydrogens is 448 g/mol. The van der Waals surface area contributed by atoms with Crippen molar-refractivity contribution in [3.8, 4) is 0 Å². The Balaban J connectivity index is 1.68. The second-order valence-electron chi connectivity index (χ2n) is 7.84. The lowest BCUT2D eigenvalue weighted by atomic mass is 9.91. The number of hydrogen-bond donors (Lipinski definition) is 1. The summed E-state index contributed by atoms with van der Waals surface area (Å²) in [6, 6.07) is 7.65. The number of nitrogens with one attached hydrogen (secondary N) is 1. The molecule has 1 saturated heterocycles. The van der Waals surface area contributed by atoms with E-state index in [0.717, 1.165) is 23.7 Å². The summed E-state index contributed by atoms with van der Waals surface area (Å²) in [5.74, 6) is 1.06. The Labute approximate surface area is 198 Å². The summed E-state index contributed by atoms with van der Waals surface area (Å²) < 4.78 is 10.3. The van der Waals surface area contributed by atoms with Crippen LogP contribution in [0.3, 0.4) is 0 Å². The summed E-state index contributed by atoms with van der Waals surface area (Å²) in [4.78, 5) is 39.3. The number of esters is 1. The fourth-order valence-corrected chi connectivity index (χ4v) is 4.71. The molecule has 1 heterocycles. The number of carbonyl (C=O) groups is 3. The summed E-state index contributed by atoms with van der Waals surface area (Å²) in [5, 5.41) is 2.55. The normalized spacial score (nSPS) is 14.6. The van der Waals surface area contributed by atoms with E-state index in [0.29, 0.717) is 30.1 Å². The molecule has 0 atom stereocenters. The molecule has 1 aromatic rings. The average molecular weight is 481 g/mol. The van der Waals surface area contributed by atoms with Gasteiger partial charge in [0.15, 0.2) is 5.78 Å². The summed E-state index contributed by atoms with van der Waals surface area (Å²) in [6.45, 7) is 12.2. The van der Waals surface area contributed by atoms with Crippen molar-refractivity contribution in [3.05, 3.63) is 42.0 Å². The lowest BCUT2D eigenvalue weighted by molar-refractivity contribution is -0.138. The molecule has 176 valence electrons. The third-order valence-electron chi connectivity index (χ3n) is 5.01. The molecule has 0 saturated carbocycles. The third-order valence-corrected chi connectivity index (χ3v) is 7.10. The van der Waals surface area contributed by atoms with E-state index in [1.54, 1.807) is 18.7 Å². The zero-order valence-corrected chi connectivity index (χ0v) is 20.6. The number of rotatable bonds is 11. The number of ether oxygens (including phenoxy) is 2. The van der Waals surface area contributed by atoms with Gasteiger partial charge in [0.05, 0.1) is 25.3 Å². The topological polar surface area (TPSA) is 84.9 Å². The lowest BCUT2D eigenvalue weighted by Gasteiger charge is -2.39. The minimum absolute atomic E-state index is 0.108. The Hall–Kier alpha value is -1.81. The van der Waals surface area contributed by atoms with Crippen LogP contribution in [0.15, 0.2) is 41.3 Å². The number of nitrogens with zero attached hydrogens (tertiary/aromatic N) is 1. The van der Waals surface area contributed by atoms with Gasteiger partial charge in [0.2, 0.25) is 0 Å². The van der Waals surface area contributed by atoms with Crippen molar-refractivity contribution in [2.24, 2.45) is 0 Å². The van der Waals surface area contributed by atoms with E-state index in [4.69, 9.17) is 9.47 Å². The van der Waals surface area contributed by atoms with Gasteiger partial charge in [-0.15, -0.1) is 11.8 Å². The molecule has 7 nitrogen and oxygen atoms in total. The second kappa shape index (κ2) is 13.0. The van der Waals surface area contributed by atoms with E-state index >= 15 is 0 Å². The van der Waals surface area contributed by atoms with E-state index in [-0.39, 0.29) is 24.2 Å². The van der Waals surface area contributed by atoms with Gasteiger partial charge in [0.1, 0.15) is 6.61 Å². The third kappa shape index (κ3) is 8.27. The van der Waals surface area contributed by atoms with Crippen molar-refractivity contribution in [1.82, 2.24) is 10.2 Å². The molecule has 32 heavy (non-hydrogen) atoms. The molecule has 0 spiro atoms. The van der Waals surface area contributed by atoms with Crippen molar-refractivity contribution in [1.29, 1.82) is 0 Å². The van der Waals surface area contributed by atoms with Crippen LogP contribution in [0.4, 0.5) is 4.79 Å². The van der Waals surface area contributed by atoms with E-state index in [1.165, 1.54) is 11.8 Å². The monoisotopic (exact) mass is 480 g/mol. The molecule has 1 aliphatic rings. The molecule has 1 aromatic carbocycles. The first-order valence-corrected chi connectivity index (χ1v) is 12.5. The van der Waals surface area contributed by atoms with Crippen molar-refractivity contribution < 1.29 is 23.9 Å². The van der Waals surface area contributed by atoms with Gasteiger partial charge in [-0.3, -0.25) is 14.5 Å². The van der Waals surface area contributed by atoms with Crippen LogP contribution >= 0.6 is 23.5 Å². The van der Waals surface area contributed by atoms with Gasteiger partial charge in [-0.1, -0.05) is 30.5 Å². The second-order valence-corrected chi connectivity index (χ2v) is 10.1. The average Bonchev–Trinajstić information content (AvgIpc) is 2.79. The van der Waals surface area contributed by atoms with E-state index in [2.05, 4.69) is 16.8 Å². The Bertz CT molecular complexity index is 805. The number of hydrogen-bond acceptors (Lipinski definition) is 8. The molecular formula is C23H32N2O5S2. The first-order valence-electron chi connectivity index (χ1n) is 10.6. The molecule has 1 fully saturated rings. The molecule has 0 bridgehead atoms. The number of carbonyl (C=O) groups excluding carboxylic acids is 3. The molecule has 1 amide bonds. The molecule has 1 aliphatic heterocycles. The Morgan fingerprint density at radius 2 is 1.81 bits per heavy atom. The van der Waals surface area contributed by atoms with E-state index in [1.807, 2.05) is 38.1 Å². The highest BCUT2D eigenvalue weighted by atomic mass is 32.2. The van der Waals surface area contributed by atoms with Crippen molar-refractivity contribution in [2.75, 3.05) is 51.0 Å². The SMILES string of the molecule is C=C(C)C(=O)OCCNC(=O)SCCSc1ccc(C(=O)C(C)(C)N2CCOCC2)cc1. The van der Waals surface area contributed by atoms with Gasteiger partial charge in [-0.25, -0.2) is 4.79 Å². The minimum atomic E-state index is -0.564. The van der Waals surface area contributed by atoms with Crippen molar-refractivity contribution >= 4 is 40.5 Å². The maximum Gasteiger partial charge on any atom is 0.333 e. The molecule has 2 rings (SSSR count). The summed E-state index contributed by atoms with van der Waals surface area (Å²) >= 11 is 2.82. The first-order chi connectivity index (χ1) is 15.2. The maximum absolute atomic E-state index is 13.0. The molecule has 0 unspecified atom stereocenters. The van der Waals surface area contributed by atoms with E-state index < -0.39 is 11.5 Å². The number of benzene rings is 1. The number of Topliss-reactive ketones (excluding diaryl/α,β-unsaturated/α-hetero) is 1. The molecule has 9 heteroatoms. The van der Waals surface area contributed by atoms with Gasteiger partial charge in [0.25, 0.3) is 5.24 Å². The largest absolute Gasteiger partial charge is 0.460 e. The van der Waals surface area contributed by atoms with Gasteiger partial charge in [0, 0.05) is 40.6 Å². The van der Waals surface area contributed by atoms with Crippen molar-refractivity contribution in [2.45, 2.75) is 31.2 Å². The van der Waals surface area contributed by atoms with Crippen LogP contribution < -0.4 is 5.32 Å². The van der Waals surface area contributed by atoms with Crippen molar-refractivity contribution in [3.63, 3.8) is 0 Å². The number of amides is 1. The van der Waals surface area contributed by atoms with Gasteiger partial charge >= 0.3 is 5.97 Å². The standard InChI is InChI=1S/C23H32N2O5S2/c1-17(2)21(27)30-12-9-24-22(28)32-16-15-31-19-7-5-18(6-8-19)20(26)23(3,4)25-10-13-29-14-11-25/h5-8H,1,9-16H2,2-4H3,(H,24,28). The highest BCUT2D eigenvalue weighted by Gasteiger charge is 2.35. The van der Waals surface area contributed by atoms with Crippen LogP contribution in [0, 0.1) is 0 Å². The van der Waals surface area contributed by atoms with Crippen LogP contribution in [0.25, 0.3) is 0 Å². The fourth-order valence-electron chi connectivity index (χ4n) is 3.09. The molecule has 1 N–H and O–H groups in total. The molecule has 0 radical (unpaired) electrons. The Kier molecular flexibility index (Phi) is 10.8. The lowest BCUT2D eigenvalue weighted by Crippen LogP contribution is -2.54. The van der Waals surface area contributed by atoms with Gasteiger partial charge in [-0.05, 0) is 32.9 Å². The van der Waals surface area contributed by atoms with Gasteiger partial charge < -0.3 is 14.8 Å². The number of thioether (sulfide) groups is 2. The first kappa shape index (κ1) is 26.4. The maximum atomic E-state index is 13.0. The highest BCUT2D eigenvalue weighted by Crippen LogP contribution is 2.25. The summed E-state index contributed by atoms with van der Waals surface area (Å²) in [6.07, 6.45) is 0. The predicted molar refractivity (Wildman–Crippen MR) is 130 cm³/mol. The quantitative estimate of drug-likeness (QED) is 0.169.